The minimum absolute atomic E-state index is 0.0873. The molecule has 0 saturated heterocycles. The van der Waals surface area contributed by atoms with Crippen LogP contribution in [0.3, 0.4) is 0 Å². The largest absolute Gasteiger partial charge is 0.493 e. The number of nitrogens with zero attached hydrogens (tertiary/aromatic N) is 1. The number of ether oxygens (including phenoxy) is 3. The molecule has 0 aromatic heterocycles. The minimum Gasteiger partial charge on any atom is -0.493 e. The van der Waals surface area contributed by atoms with Crippen molar-refractivity contribution < 1.29 is 27.8 Å². The molecule has 0 radical (unpaired) electrons. The lowest BCUT2D eigenvalue weighted by molar-refractivity contribution is -0.111. The van der Waals surface area contributed by atoms with Gasteiger partial charge in [0.05, 0.1) is 19.8 Å². The second-order valence-corrected chi connectivity index (χ2v) is 5.75. The molecule has 152 valence electrons. The summed E-state index contributed by atoms with van der Waals surface area (Å²) in [5, 5.41) is 11.2. The van der Waals surface area contributed by atoms with Crippen LogP contribution in [-0.4, -0.2) is 26.2 Å². The molecule has 1 N–H and O–H groups in total. The van der Waals surface area contributed by atoms with Crippen molar-refractivity contribution in [2.45, 2.75) is 19.5 Å². The average Bonchev–Trinajstić information content (AvgIpc) is 2.70. The third kappa shape index (κ3) is 7.50. The number of benzene rings is 2. The Kier molecular flexibility index (Phi) is 8.45. The number of nitrogens with one attached hydrogen (secondary N) is 1. The van der Waals surface area contributed by atoms with E-state index in [2.05, 4.69) is 10.1 Å². The van der Waals surface area contributed by atoms with Crippen molar-refractivity contribution in [1.82, 2.24) is 0 Å². The molecular formula is C21H20F2N2O4. The molecule has 0 spiro atoms. The molecule has 0 aliphatic heterocycles. The van der Waals surface area contributed by atoms with Gasteiger partial charge in [0.15, 0.2) is 11.5 Å². The van der Waals surface area contributed by atoms with Gasteiger partial charge in [-0.3, -0.25) is 4.79 Å². The van der Waals surface area contributed by atoms with Gasteiger partial charge in [0.2, 0.25) is 5.91 Å². The molecule has 0 fully saturated rings. The van der Waals surface area contributed by atoms with Gasteiger partial charge in [0.1, 0.15) is 5.75 Å². The quantitative estimate of drug-likeness (QED) is 0.463. The van der Waals surface area contributed by atoms with E-state index in [1.807, 2.05) is 6.07 Å². The summed E-state index contributed by atoms with van der Waals surface area (Å²) < 4.78 is 39.6. The lowest BCUT2D eigenvalue weighted by Gasteiger charge is -2.10. The number of alkyl halides is 2. The van der Waals surface area contributed by atoms with Crippen LogP contribution < -0.4 is 19.5 Å². The molecule has 2 aromatic rings. The zero-order valence-corrected chi connectivity index (χ0v) is 15.7. The van der Waals surface area contributed by atoms with Crippen LogP contribution in [-0.2, 0) is 4.79 Å². The van der Waals surface area contributed by atoms with Gasteiger partial charge in [-0.15, -0.1) is 0 Å². The van der Waals surface area contributed by atoms with Crippen molar-refractivity contribution >= 4 is 17.7 Å². The Labute approximate surface area is 167 Å². The number of nitriles is 1. The zero-order valence-electron chi connectivity index (χ0n) is 15.7. The van der Waals surface area contributed by atoms with Crippen molar-refractivity contribution in [2.75, 3.05) is 19.0 Å². The second kappa shape index (κ2) is 11.3. The molecule has 6 nitrogen and oxygen atoms in total. The van der Waals surface area contributed by atoms with E-state index in [9.17, 15) is 13.6 Å². The lowest BCUT2D eigenvalue weighted by atomic mass is 10.2. The van der Waals surface area contributed by atoms with Gasteiger partial charge in [-0.2, -0.15) is 14.0 Å². The monoisotopic (exact) mass is 402 g/mol. The molecule has 1 amide bonds. The van der Waals surface area contributed by atoms with Crippen LogP contribution in [0.1, 0.15) is 18.4 Å². The lowest BCUT2D eigenvalue weighted by Crippen LogP contribution is -2.08. The molecule has 29 heavy (non-hydrogen) atoms. The van der Waals surface area contributed by atoms with Crippen molar-refractivity contribution in [1.29, 1.82) is 5.26 Å². The van der Waals surface area contributed by atoms with Gasteiger partial charge in [-0.05, 0) is 42.3 Å². The highest BCUT2D eigenvalue weighted by Crippen LogP contribution is 2.29. The summed E-state index contributed by atoms with van der Waals surface area (Å²) in [5.74, 6) is 0.257. The molecule has 0 saturated carbocycles. The summed E-state index contributed by atoms with van der Waals surface area (Å²) >= 11 is 0. The number of unbranched alkanes of at least 4 members (excludes halogenated alkanes) is 1. The first kappa shape index (κ1) is 21.7. The van der Waals surface area contributed by atoms with Crippen molar-refractivity contribution in [3.63, 3.8) is 0 Å². The molecule has 0 aliphatic rings. The van der Waals surface area contributed by atoms with Gasteiger partial charge >= 0.3 is 6.61 Å². The fourth-order valence-electron chi connectivity index (χ4n) is 2.34. The Morgan fingerprint density at radius 2 is 2.07 bits per heavy atom. The summed E-state index contributed by atoms with van der Waals surface area (Å²) in [5.41, 5.74) is 1.13. The van der Waals surface area contributed by atoms with E-state index >= 15 is 0 Å². The van der Waals surface area contributed by atoms with E-state index in [0.717, 1.165) is 0 Å². The first-order valence-electron chi connectivity index (χ1n) is 8.73. The third-order valence-corrected chi connectivity index (χ3v) is 3.63. The van der Waals surface area contributed by atoms with Gasteiger partial charge in [0, 0.05) is 24.3 Å². The maximum absolute atomic E-state index is 12.4. The number of anilines is 1. The molecular weight excluding hydrogens is 382 g/mol. The molecule has 0 aliphatic carbocycles. The maximum Gasteiger partial charge on any atom is 0.387 e. The first-order valence-corrected chi connectivity index (χ1v) is 8.73. The van der Waals surface area contributed by atoms with Crippen molar-refractivity contribution in [3.05, 3.63) is 54.1 Å². The highest BCUT2D eigenvalue weighted by atomic mass is 19.3. The standard InChI is InChI=1S/C21H20F2N2O4/c1-27-19-13-15(7-9-18(19)29-21(22)23)8-10-20(26)25-16-5-4-6-17(14-16)28-12-3-2-11-24/h4-10,13-14,21H,2-3,12H2,1H3,(H,25,26)/b10-8+. The van der Waals surface area contributed by atoms with Crippen molar-refractivity contribution in [3.8, 4) is 23.3 Å². The van der Waals surface area contributed by atoms with Gasteiger partial charge in [0.25, 0.3) is 0 Å². The zero-order chi connectivity index (χ0) is 21.1. The van der Waals surface area contributed by atoms with Crippen LogP contribution in [0.15, 0.2) is 48.5 Å². The van der Waals surface area contributed by atoms with Crippen LogP contribution in [0.4, 0.5) is 14.5 Å². The van der Waals surface area contributed by atoms with Crippen LogP contribution in [0.2, 0.25) is 0 Å². The maximum atomic E-state index is 12.4. The van der Waals surface area contributed by atoms with E-state index in [1.165, 1.54) is 37.5 Å². The normalized spacial score (nSPS) is 10.6. The highest BCUT2D eigenvalue weighted by Gasteiger charge is 2.10. The van der Waals surface area contributed by atoms with Gasteiger partial charge in [-0.1, -0.05) is 12.1 Å². The Morgan fingerprint density at radius 1 is 1.24 bits per heavy atom. The molecule has 0 bridgehead atoms. The minimum atomic E-state index is -2.96. The Balaban J connectivity index is 1.96. The smallest absolute Gasteiger partial charge is 0.387 e. The van der Waals surface area contributed by atoms with E-state index in [0.29, 0.717) is 36.4 Å². The number of carbonyl (C=O) groups is 1. The number of hydrogen-bond donors (Lipinski definition) is 1. The van der Waals surface area contributed by atoms with Gasteiger partial charge in [-0.25, -0.2) is 0 Å². The fraction of sp³-hybridized carbons (Fsp3) is 0.238. The Hall–Kier alpha value is -3.60. The molecule has 0 atom stereocenters. The van der Waals surface area contributed by atoms with Gasteiger partial charge < -0.3 is 19.5 Å². The predicted octanol–water partition coefficient (Wildman–Crippen LogP) is 4.63. The van der Waals surface area contributed by atoms with Crippen molar-refractivity contribution in [2.24, 2.45) is 0 Å². The fourth-order valence-corrected chi connectivity index (χ4v) is 2.34. The molecule has 8 heteroatoms. The summed E-state index contributed by atoms with van der Waals surface area (Å²) in [7, 11) is 1.34. The van der Waals surface area contributed by atoms with Crippen LogP contribution in [0.25, 0.3) is 6.08 Å². The predicted molar refractivity (Wildman–Crippen MR) is 104 cm³/mol. The number of carbonyl (C=O) groups excluding carboxylic acids is 1. The van der Waals surface area contributed by atoms with Crippen LogP contribution in [0, 0.1) is 11.3 Å². The summed E-state index contributed by atoms with van der Waals surface area (Å²) in [6.45, 7) is -2.54. The van der Waals surface area contributed by atoms with E-state index < -0.39 is 6.61 Å². The molecule has 0 unspecified atom stereocenters. The SMILES string of the molecule is COc1cc(/C=C/C(=O)Nc2cccc(OCCCC#N)c2)ccc1OC(F)F. The van der Waals surface area contributed by atoms with Crippen LogP contribution in [0.5, 0.6) is 17.2 Å². The average molecular weight is 402 g/mol. The van der Waals surface area contributed by atoms with E-state index in [-0.39, 0.29) is 17.4 Å². The molecule has 0 heterocycles. The Morgan fingerprint density at radius 3 is 2.79 bits per heavy atom. The van der Waals surface area contributed by atoms with E-state index in [1.54, 1.807) is 24.3 Å². The number of methoxy groups -OCH3 is 1. The summed E-state index contributed by atoms with van der Waals surface area (Å²) in [6, 6.07) is 13.3. The second-order valence-electron chi connectivity index (χ2n) is 5.75. The number of hydrogen-bond acceptors (Lipinski definition) is 5. The first-order chi connectivity index (χ1) is 14.0. The van der Waals surface area contributed by atoms with E-state index in [4.69, 9.17) is 14.7 Å². The number of amides is 1. The Bertz CT molecular complexity index is 894. The third-order valence-electron chi connectivity index (χ3n) is 3.63. The highest BCUT2D eigenvalue weighted by molar-refractivity contribution is 6.02. The number of rotatable bonds is 10. The van der Waals surface area contributed by atoms with Crippen LogP contribution >= 0.6 is 0 Å². The summed E-state index contributed by atoms with van der Waals surface area (Å²) in [4.78, 5) is 12.1. The summed E-state index contributed by atoms with van der Waals surface area (Å²) in [6.07, 6.45) is 3.87. The molecule has 2 aromatic carbocycles. The topological polar surface area (TPSA) is 80.6 Å². The molecule has 2 rings (SSSR count). The number of halogens is 2.